The van der Waals surface area contributed by atoms with Crippen molar-refractivity contribution in [3.8, 4) is 0 Å². The summed E-state index contributed by atoms with van der Waals surface area (Å²) in [6.07, 6.45) is 2.35. The van der Waals surface area contributed by atoms with Crippen LogP contribution >= 0.6 is 11.6 Å². The molecule has 1 aliphatic rings. The van der Waals surface area contributed by atoms with Crippen LogP contribution in [0.5, 0.6) is 0 Å². The van der Waals surface area contributed by atoms with E-state index in [9.17, 15) is 0 Å². The predicted molar refractivity (Wildman–Crippen MR) is 75.6 cm³/mol. The van der Waals surface area contributed by atoms with Crippen molar-refractivity contribution in [3.05, 3.63) is 17.3 Å². The van der Waals surface area contributed by atoms with Gasteiger partial charge in [0.05, 0.1) is 0 Å². The van der Waals surface area contributed by atoms with Crippen LogP contribution in [0.2, 0.25) is 5.15 Å². The summed E-state index contributed by atoms with van der Waals surface area (Å²) < 4.78 is 5.63. The lowest BCUT2D eigenvalue weighted by Crippen LogP contribution is -2.41. The Morgan fingerprint density at radius 2 is 2.37 bits per heavy atom. The Morgan fingerprint density at radius 1 is 1.47 bits per heavy atom. The number of likely N-dealkylation sites (N-methyl/N-ethyl adjacent to an activating group) is 1. The summed E-state index contributed by atoms with van der Waals surface area (Å²) in [7, 11) is 0. The molecule has 2 aromatic heterocycles. The smallest absolute Gasteiger partial charge is 0.297 e. The van der Waals surface area contributed by atoms with Gasteiger partial charge in [-0.3, -0.25) is 0 Å². The zero-order valence-electron chi connectivity index (χ0n) is 10.9. The number of hydrogen-bond acceptors (Lipinski definition) is 5. The van der Waals surface area contributed by atoms with Crippen LogP contribution < -0.4 is 5.32 Å². The van der Waals surface area contributed by atoms with Crippen LogP contribution in [0, 0.1) is 0 Å². The maximum absolute atomic E-state index is 5.84. The largest absolute Gasteiger partial charge is 0.422 e. The highest BCUT2D eigenvalue weighted by atomic mass is 35.5. The fourth-order valence-electron chi connectivity index (χ4n) is 2.49. The number of likely N-dealkylation sites (tertiary alicyclic amines) is 1. The first-order valence-corrected chi connectivity index (χ1v) is 7.04. The second-order valence-corrected chi connectivity index (χ2v) is 5.24. The number of nitrogens with zero attached hydrogens (tertiary/aromatic N) is 3. The van der Waals surface area contributed by atoms with Crippen molar-refractivity contribution in [2.45, 2.75) is 25.8 Å². The zero-order chi connectivity index (χ0) is 13.2. The lowest BCUT2D eigenvalue weighted by molar-refractivity contribution is 0.225. The molecule has 1 aliphatic heterocycles. The minimum absolute atomic E-state index is 0.386. The van der Waals surface area contributed by atoms with Gasteiger partial charge in [0.1, 0.15) is 5.15 Å². The topological polar surface area (TPSA) is 54.2 Å². The molecule has 19 heavy (non-hydrogen) atoms. The Bertz CT molecular complexity index is 571. The third-order valence-corrected chi connectivity index (χ3v) is 3.71. The van der Waals surface area contributed by atoms with Crippen molar-refractivity contribution >= 4 is 28.8 Å². The van der Waals surface area contributed by atoms with Gasteiger partial charge in [-0.25, -0.2) is 4.98 Å². The van der Waals surface area contributed by atoms with Gasteiger partial charge in [0, 0.05) is 12.6 Å². The van der Waals surface area contributed by atoms with Crippen LogP contribution in [0.3, 0.4) is 0 Å². The predicted octanol–water partition coefficient (Wildman–Crippen LogP) is 2.77. The monoisotopic (exact) mass is 280 g/mol. The maximum Gasteiger partial charge on any atom is 0.297 e. The third-order valence-electron chi connectivity index (χ3n) is 3.50. The molecule has 1 atom stereocenters. The molecule has 0 aromatic carbocycles. The van der Waals surface area contributed by atoms with Crippen LogP contribution in [0.1, 0.15) is 19.8 Å². The molecule has 6 heteroatoms. The van der Waals surface area contributed by atoms with E-state index < -0.39 is 0 Å². The van der Waals surface area contributed by atoms with Crippen molar-refractivity contribution in [2.24, 2.45) is 0 Å². The Hall–Kier alpha value is -1.33. The molecule has 0 aliphatic carbocycles. The molecule has 1 saturated heterocycles. The van der Waals surface area contributed by atoms with E-state index >= 15 is 0 Å². The number of hydrogen-bond donors (Lipinski definition) is 1. The first kappa shape index (κ1) is 12.7. The highest BCUT2D eigenvalue weighted by Gasteiger charge is 2.20. The maximum atomic E-state index is 5.84. The number of fused-ring (bicyclic) bond motifs is 1. The second-order valence-electron chi connectivity index (χ2n) is 4.85. The van der Waals surface area contributed by atoms with Gasteiger partial charge in [-0.15, -0.1) is 0 Å². The van der Waals surface area contributed by atoms with Crippen LogP contribution in [-0.2, 0) is 0 Å². The van der Waals surface area contributed by atoms with E-state index in [0.717, 1.165) is 19.5 Å². The molecule has 0 bridgehead atoms. The van der Waals surface area contributed by atoms with Crippen molar-refractivity contribution in [1.29, 1.82) is 0 Å². The van der Waals surface area contributed by atoms with Gasteiger partial charge in [-0.05, 0) is 38.1 Å². The molecule has 1 N–H and O–H groups in total. The van der Waals surface area contributed by atoms with Gasteiger partial charge in [0.2, 0.25) is 5.65 Å². The number of aromatic nitrogens is 2. The van der Waals surface area contributed by atoms with Crippen molar-refractivity contribution < 1.29 is 4.42 Å². The molecule has 102 valence electrons. The first-order chi connectivity index (χ1) is 9.24. The Morgan fingerprint density at radius 3 is 3.21 bits per heavy atom. The summed E-state index contributed by atoms with van der Waals surface area (Å²) in [5.41, 5.74) is 1.22. The molecule has 1 fully saturated rings. The van der Waals surface area contributed by atoms with Gasteiger partial charge in [-0.1, -0.05) is 18.5 Å². The van der Waals surface area contributed by atoms with Gasteiger partial charge < -0.3 is 14.6 Å². The normalized spacial score (nSPS) is 20.8. The number of pyridine rings is 1. The van der Waals surface area contributed by atoms with E-state index in [4.69, 9.17) is 16.0 Å². The molecule has 0 amide bonds. The van der Waals surface area contributed by atoms with E-state index in [0.29, 0.717) is 28.4 Å². The molecule has 0 spiro atoms. The van der Waals surface area contributed by atoms with Crippen LogP contribution in [0.4, 0.5) is 6.01 Å². The fourth-order valence-corrected chi connectivity index (χ4v) is 2.64. The van der Waals surface area contributed by atoms with Gasteiger partial charge in [0.25, 0.3) is 6.01 Å². The Kier molecular flexibility index (Phi) is 3.57. The highest BCUT2D eigenvalue weighted by molar-refractivity contribution is 6.29. The number of rotatable bonds is 3. The average Bonchev–Trinajstić information content (AvgIpc) is 2.80. The molecule has 3 rings (SSSR count). The lowest BCUT2D eigenvalue weighted by Gasteiger charge is -2.31. The van der Waals surface area contributed by atoms with Crippen LogP contribution in [-0.4, -0.2) is 40.5 Å². The van der Waals surface area contributed by atoms with Gasteiger partial charge in [0.15, 0.2) is 5.58 Å². The van der Waals surface area contributed by atoms with Gasteiger partial charge >= 0.3 is 0 Å². The minimum Gasteiger partial charge on any atom is -0.422 e. The van der Waals surface area contributed by atoms with Crippen molar-refractivity contribution in [2.75, 3.05) is 25.0 Å². The number of anilines is 1. The molecular formula is C13H17ClN4O. The molecular weight excluding hydrogens is 264 g/mol. The van der Waals surface area contributed by atoms with Crippen molar-refractivity contribution in [1.82, 2.24) is 14.9 Å². The van der Waals surface area contributed by atoms with E-state index in [1.165, 1.54) is 13.0 Å². The highest BCUT2D eigenvalue weighted by Crippen LogP contribution is 2.21. The van der Waals surface area contributed by atoms with E-state index in [1.807, 2.05) is 0 Å². The summed E-state index contributed by atoms with van der Waals surface area (Å²) in [4.78, 5) is 10.9. The summed E-state index contributed by atoms with van der Waals surface area (Å²) in [5, 5.41) is 3.78. The molecule has 0 saturated carbocycles. The molecule has 0 radical (unpaired) electrons. The second kappa shape index (κ2) is 5.35. The zero-order valence-corrected chi connectivity index (χ0v) is 11.7. The number of oxazole rings is 1. The average molecular weight is 281 g/mol. The molecule has 2 aromatic rings. The first-order valence-electron chi connectivity index (χ1n) is 6.66. The van der Waals surface area contributed by atoms with Gasteiger partial charge in [-0.2, -0.15) is 4.98 Å². The SMILES string of the molecule is CCN1CCC[C@@H](Nc2nc3nc(Cl)ccc3o2)C1. The third kappa shape index (κ3) is 2.82. The molecule has 5 nitrogen and oxygen atoms in total. The number of piperidine rings is 1. The van der Waals surface area contributed by atoms with E-state index in [-0.39, 0.29) is 0 Å². The number of halogens is 1. The minimum atomic E-state index is 0.386. The quantitative estimate of drug-likeness (QED) is 0.876. The van der Waals surface area contributed by atoms with Crippen LogP contribution in [0.25, 0.3) is 11.2 Å². The van der Waals surface area contributed by atoms with Crippen LogP contribution in [0.15, 0.2) is 16.5 Å². The van der Waals surface area contributed by atoms with E-state index in [1.54, 1.807) is 12.1 Å². The summed E-state index contributed by atoms with van der Waals surface area (Å²) in [5.74, 6) is 0. The Labute approximate surface area is 117 Å². The fraction of sp³-hybridized carbons (Fsp3) is 0.538. The van der Waals surface area contributed by atoms with E-state index in [2.05, 4.69) is 27.1 Å². The van der Waals surface area contributed by atoms with Crippen molar-refractivity contribution in [3.63, 3.8) is 0 Å². The molecule has 3 heterocycles. The Balaban J connectivity index is 1.74. The summed E-state index contributed by atoms with van der Waals surface area (Å²) in [6, 6.07) is 4.42. The summed E-state index contributed by atoms with van der Waals surface area (Å²) in [6.45, 7) is 5.49. The lowest BCUT2D eigenvalue weighted by atomic mass is 10.1. The number of nitrogens with one attached hydrogen (secondary N) is 1. The molecule has 0 unspecified atom stereocenters. The standard InChI is InChI=1S/C13H17ClN4O/c1-2-18-7-3-4-9(8-18)15-13-17-12-10(19-13)5-6-11(14)16-12/h5-6,9H,2-4,7-8H2,1H3,(H,15,16,17)/t9-/m1/s1. The summed E-state index contributed by atoms with van der Waals surface area (Å²) >= 11 is 5.84.